The van der Waals surface area contributed by atoms with Crippen LogP contribution in [0.3, 0.4) is 0 Å². The number of methoxy groups -OCH3 is 2. The van der Waals surface area contributed by atoms with Crippen molar-refractivity contribution < 1.29 is 43.7 Å². The molecule has 57 heavy (non-hydrogen) atoms. The van der Waals surface area contributed by atoms with E-state index in [4.69, 9.17) is 32.7 Å². The third-order valence-electron chi connectivity index (χ3n) is 11.7. The van der Waals surface area contributed by atoms with Gasteiger partial charge in [-0.25, -0.2) is 4.79 Å². The number of hydrogen-bond acceptors (Lipinski definition) is 9. The van der Waals surface area contributed by atoms with Crippen LogP contribution in [0.15, 0.2) is 103 Å². The largest absolute Gasteiger partial charge is 0.504 e. The van der Waals surface area contributed by atoms with E-state index in [-0.39, 0.29) is 46.3 Å². The fourth-order valence-electron chi connectivity index (χ4n) is 9.13. The van der Waals surface area contributed by atoms with Crippen molar-refractivity contribution in [1.29, 1.82) is 0 Å². The summed E-state index contributed by atoms with van der Waals surface area (Å²) in [5, 5.41) is 21.5. The smallest absolute Gasteiger partial charge is 0.335 e. The molecule has 3 N–H and O–H groups in total. The molecule has 12 nitrogen and oxygen atoms in total. The summed E-state index contributed by atoms with van der Waals surface area (Å²) < 4.78 is 10.8. The Hall–Kier alpha value is -6.11. The van der Waals surface area contributed by atoms with Crippen LogP contribution in [-0.4, -0.2) is 59.0 Å². The Bertz CT molecular complexity index is 2430. The molecule has 6 atom stereocenters. The molecule has 0 aromatic heterocycles. The zero-order valence-corrected chi connectivity index (χ0v) is 32.0. The van der Waals surface area contributed by atoms with Gasteiger partial charge in [0.1, 0.15) is 5.75 Å². The monoisotopic (exact) mass is 807 g/mol. The second kappa shape index (κ2) is 14.4. The first-order valence-corrected chi connectivity index (χ1v) is 18.9. The van der Waals surface area contributed by atoms with Gasteiger partial charge in [0.25, 0.3) is 11.8 Å². The summed E-state index contributed by atoms with van der Waals surface area (Å²) in [6.07, 6.45) is 5.73. The van der Waals surface area contributed by atoms with Crippen molar-refractivity contribution in [2.75, 3.05) is 24.5 Å². The Balaban J connectivity index is 1.30. The number of fused-ring (bicyclic) bond motifs is 4. The number of allylic oxidation sites excluding steroid dienone is 3. The zero-order chi connectivity index (χ0) is 40.3. The van der Waals surface area contributed by atoms with Gasteiger partial charge in [0.2, 0.25) is 11.8 Å². The van der Waals surface area contributed by atoms with Gasteiger partial charge in [0.15, 0.2) is 11.5 Å². The molecule has 8 rings (SSSR count). The molecule has 290 valence electrons. The van der Waals surface area contributed by atoms with Gasteiger partial charge in [0, 0.05) is 10.9 Å². The van der Waals surface area contributed by atoms with E-state index in [0.29, 0.717) is 27.5 Å². The number of carbonyl (C=O) groups is 5. The van der Waals surface area contributed by atoms with Gasteiger partial charge in [-0.05, 0) is 90.6 Å². The van der Waals surface area contributed by atoms with Crippen molar-refractivity contribution in [3.8, 4) is 17.2 Å². The maximum Gasteiger partial charge on any atom is 0.335 e. The number of nitrogens with one attached hydrogen (secondary N) is 1. The lowest BCUT2D eigenvalue weighted by atomic mass is 9.50. The number of phenolic OH excluding ortho intramolecular Hbond substituents is 1. The summed E-state index contributed by atoms with van der Waals surface area (Å²) in [6.45, 7) is 0. The van der Waals surface area contributed by atoms with Crippen LogP contribution in [0.5, 0.6) is 17.2 Å². The highest BCUT2D eigenvalue weighted by atomic mass is 35.5. The minimum Gasteiger partial charge on any atom is -0.504 e. The molecular weight excluding hydrogens is 773 g/mol. The number of hydrogen-bond donors (Lipinski definition) is 3. The molecule has 1 saturated carbocycles. The predicted molar refractivity (Wildman–Crippen MR) is 211 cm³/mol. The molecule has 2 aliphatic carbocycles. The normalized spacial score (nSPS) is 25.3. The lowest BCUT2D eigenvalue weighted by Crippen LogP contribution is -2.54. The molecular formula is C43H35Cl2N3O9. The number of carbonyl (C=O) groups excluding carboxylic acids is 4. The number of rotatable bonds is 9. The van der Waals surface area contributed by atoms with E-state index < -0.39 is 64.6 Å². The van der Waals surface area contributed by atoms with Crippen molar-refractivity contribution >= 4 is 70.3 Å². The average Bonchev–Trinajstić information content (AvgIpc) is 3.59. The van der Waals surface area contributed by atoms with Gasteiger partial charge in [-0.15, -0.1) is 0 Å². The van der Waals surface area contributed by atoms with Gasteiger partial charge in [-0.2, -0.15) is 5.01 Å². The van der Waals surface area contributed by atoms with Crippen molar-refractivity contribution in [3.05, 3.63) is 129 Å². The number of imide groups is 2. The number of nitrogens with zero attached hydrogens (tertiary/aromatic N) is 2. The Morgan fingerprint density at radius 1 is 0.895 bits per heavy atom. The molecule has 4 aliphatic rings. The van der Waals surface area contributed by atoms with Crippen LogP contribution < -0.4 is 19.8 Å². The molecule has 2 aliphatic heterocycles. The number of carboxylic acid groups (broad SMARTS) is 1. The highest BCUT2D eigenvalue weighted by Crippen LogP contribution is 2.62. The second-order valence-corrected chi connectivity index (χ2v) is 15.3. The molecule has 0 unspecified atom stereocenters. The molecule has 2 heterocycles. The van der Waals surface area contributed by atoms with Crippen molar-refractivity contribution in [2.24, 2.45) is 29.6 Å². The number of aromatic hydroxyl groups is 1. The highest BCUT2D eigenvalue weighted by Gasteiger charge is 2.69. The van der Waals surface area contributed by atoms with Crippen LogP contribution in [0, 0.1) is 29.6 Å². The molecule has 2 saturated heterocycles. The van der Waals surface area contributed by atoms with E-state index in [9.17, 15) is 29.4 Å². The lowest BCUT2D eigenvalue weighted by Gasteiger charge is -2.49. The maximum atomic E-state index is 15.4. The number of phenols is 1. The topological polar surface area (TPSA) is 163 Å². The van der Waals surface area contributed by atoms with Crippen LogP contribution in [-0.2, 0) is 24.6 Å². The Kier molecular flexibility index (Phi) is 9.57. The van der Waals surface area contributed by atoms with Crippen molar-refractivity contribution in [1.82, 2.24) is 5.01 Å². The molecule has 0 spiro atoms. The summed E-state index contributed by atoms with van der Waals surface area (Å²) >= 11 is 12.7. The number of ether oxygens (including phenoxy) is 2. The van der Waals surface area contributed by atoms with E-state index in [2.05, 4.69) is 5.43 Å². The molecule has 4 aromatic carbocycles. The summed E-state index contributed by atoms with van der Waals surface area (Å²) in [7, 11) is 2.95. The summed E-state index contributed by atoms with van der Waals surface area (Å²) in [5.74, 6) is -6.84. The number of hydrazine groups is 1. The fraction of sp³-hybridized carbons (Fsp3) is 0.233. The van der Waals surface area contributed by atoms with Gasteiger partial charge in [-0.3, -0.25) is 29.5 Å². The van der Waals surface area contributed by atoms with Crippen LogP contribution in [0.25, 0.3) is 6.08 Å². The average molecular weight is 809 g/mol. The molecule has 0 radical (unpaired) electrons. The second-order valence-electron chi connectivity index (χ2n) is 14.4. The number of benzene rings is 4. The molecule has 3 fully saturated rings. The van der Waals surface area contributed by atoms with Crippen LogP contribution >= 0.6 is 23.2 Å². The van der Waals surface area contributed by atoms with E-state index in [0.717, 1.165) is 9.91 Å². The van der Waals surface area contributed by atoms with Crippen LogP contribution in [0.4, 0.5) is 11.4 Å². The number of amides is 4. The number of carboxylic acids is 1. The van der Waals surface area contributed by atoms with Crippen LogP contribution in [0.2, 0.25) is 10.0 Å². The highest BCUT2D eigenvalue weighted by molar-refractivity contribution is 6.36. The summed E-state index contributed by atoms with van der Waals surface area (Å²) in [4.78, 5) is 71.8. The summed E-state index contributed by atoms with van der Waals surface area (Å²) in [5.41, 5.74) is 3.59. The maximum absolute atomic E-state index is 15.4. The lowest BCUT2D eigenvalue weighted by molar-refractivity contribution is -0.139. The summed E-state index contributed by atoms with van der Waals surface area (Å²) in [6, 6.07) is 22.0. The third-order valence-corrected chi connectivity index (χ3v) is 12.2. The molecule has 4 aromatic rings. The number of anilines is 2. The first-order valence-electron chi connectivity index (χ1n) is 18.1. The zero-order valence-electron chi connectivity index (χ0n) is 30.5. The van der Waals surface area contributed by atoms with Crippen LogP contribution in [0.1, 0.15) is 34.3 Å². The third kappa shape index (κ3) is 6.02. The Morgan fingerprint density at radius 2 is 1.67 bits per heavy atom. The van der Waals surface area contributed by atoms with E-state index >= 15 is 4.79 Å². The first-order chi connectivity index (χ1) is 27.4. The quantitative estimate of drug-likeness (QED) is 0.117. The first kappa shape index (κ1) is 37.8. The van der Waals surface area contributed by atoms with Crippen molar-refractivity contribution in [3.63, 3.8) is 0 Å². The minimum absolute atomic E-state index is 0.0372. The van der Waals surface area contributed by atoms with Gasteiger partial charge >= 0.3 is 5.97 Å². The Labute approximate surface area is 336 Å². The number of halogens is 2. The van der Waals surface area contributed by atoms with Gasteiger partial charge in [-0.1, -0.05) is 71.3 Å². The Morgan fingerprint density at radius 3 is 2.37 bits per heavy atom. The minimum atomic E-state index is -1.57. The van der Waals surface area contributed by atoms with E-state index in [1.165, 1.54) is 50.6 Å². The number of aromatic carboxylic acids is 1. The van der Waals surface area contributed by atoms with Crippen molar-refractivity contribution in [2.45, 2.75) is 18.3 Å². The van der Waals surface area contributed by atoms with Gasteiger partial charge in [0.05, 0.1) is 59.3 Å². The van der Waals surface area contributed by atoms with E-state index in [1.54, 1.807) is 54.6 Å². The molecule has 4 amide bonds. The van der Waals surface area contributed by atoms with E-state index in [1.807, 2.05) is 12.2 Å². The van der Waals surface area contributed by atoms with Gasteiger partial charge < -0.3 is 19.7 Å². The predicted octanol–water partition coefficient (Wildman–Crippen LogP) is 7.15. The SMILES string of the molecule is COc1ccc([C@@]23C(=O)N(Nc4ccc(Cl)cc4Cl)C(=O)[C@@H]2C[C@@H]2C(=CC[C@@H]4C(=O)N(c5cccc(C(=O)O)c5)C(=O)[C@@H]42)[C@@H]3C=Cc2ccc(O)c(OC)c2)cc1. The molecule has 14 heteroatoms. The standard InChI is InChI=1S/C43H35Cl2N3O9/c1-56-27-11-8-24(9-12-27)43-31(15-6-22-7-17-35(49)36(18-22)57-2)28-13-14-29-37(40(52)47(38(29)50)26-5-3-4-23(19-26)41(53)54)30(28)21-32(43)39(51)48(42(43)55)46-34-16-10-25(44)20-33(34)45/h3-13,15-20,29-32,37,46,49H,14,21H2,1-2H3,(H,53,54)/t29-,30+,31-,32-,37-,43-/m0/s1. The molecule has 0 bridgehead atoms. The fourth-order valence-corrected chi connectivity index (χ4v) is 9.58.